The minimum Gasteiger partial charge on any atom is -0.352 e. The first-order chi connectivity index (χ1) is 15.1. The van der Waals surface area contributed by atoms with Crippen LogP contribution in [0.4, 0.5) is 4.39 Å². The number of hydrogen-bond donors (Lipinski definition) is 1. The molecule has 31 heavy (non-hydrogen) atoms. The highest BCUT2D eigenvalue weighted by Gasteiger charge is 2.32. The van der Waals surface area contributed by atoms with Crippen molar-refractivity contribution in [2.24, 2.45) is 0 Å². The Hall–Kier alpha value is -3.12. The molecule has 0 radical (unpaired) electrons. The van der Waals surface area contributed by atoms with Crippen LogP contribution < -0.4 is 5.32 Å². The van der Waals surface area contributed by atoms with Gasteiger partial charge in [-0.1, -0.05) is 54.6 Å². The molecule has 3 aromatic rings. The quantitative estimate of drug-likeness (QED) is 0.593. The van der Waals surface area contributed by atoms with Crippen molar-refractivity contribution in [2.45, 2.75) is 18.3 Å². The number of carbonyl (C=O) groups excluding carboxylic acids is 2. The van der Waals surface area contributed by atoms with Crippen LogP contribution in [0.5, 0.6) is 0 Å². The van der Waals surface area contributed by atoms with Crippen LogP contribution in [0.25, 0.3) is 0 Å². The number of nitrogens with one attached hydrogen (secondary N) is 1. The van der Waals surface area contributed by atoms with Gasteiger partial charge in [0.15, 0.2) is 0 Å². The predicted octanol–water partition coefficient (Wildman–Crippen LogP) is 4.57. The lowest BCUT2D eigenvalue weighted by atomic mass is 10.1. The van der Waals surface area contributed by atoms with Crippen LogP contribution in [0.1, 0.15) is 32.4 Å². The summed E-state index contributed by atoms with van der Waals surface area (Å²) in [7, 11) is 0. The average molecular weight is 435 g/mol. The van der Waals surface area contributed by atoms with Crippen LogP contribution in [0.15, 0.2) is 78.9 Å². The number of amides is 2. The molecular weight excluding hydrogens is 411 g/mol. The summed E-state index contributed by atoms with van der Waals surface area (Å²) in [5.74, 6) is 0.173. The molecule has 4 nitrogen and oxygen atoms in total. The fraction of sp³-hybridized carbons (Fsp3) is 0.200. The summed E-state index contributed by atoms with van der Waals surface area (Å²) < 4.78 is 13.0. The molecule has 1 heterocycles. The standard InChI is InChI=1S/C25H23FN2O2S/c26-22-12-6-18(7-13-22)14-15-27-24(30)20-8-10-21(11-9-20)25-28(23(29)17-31-25)16-19-4-2-1-3-5-19/h1-13,25H,14-17H2,(H,27,30)/t25-/m1/s1. The summed E-state index contributed by atoms with van der Waals surface area (Å²) in [6.07, 6.45) is 0.638. The molecule has 158 valence electrons. The zero-order valence-electron chi connectivity index (χ0n) is 17.0. The van der Waals surface area contributed by atoms with Gasteiger partial charge in [0.2, 0.25) is 5.91 Å². The first-order valence-electron chi connectivity index (χ1n) is 10.2. The summed E-state index contributed by atoms with van der Waals surface area (Å²) in [6, 6.07) is 23.7. The molecule has 1 aliphatic heterocycles. The highest BCUT2D eigenvalue weighted by molar-refractivity contribution is 8.00. The van der Waals surface area contributed by atoms with Gasteiger partial charge in [0.25, 0.3) is 5.91 Å². The predicted molar refractivity (Wildman–Crippen MR) is 121 cm³/mol. The third-order valence-corrected chi connectivity index (χ3v) is 6.49. The van der Waals surface area contributed by atoms with Gasteiger partial charge in [-0.3, -0.25) is 9.59 Å². The molecule has 0 unspecified atom stereocenters. The van der Waals surface area contributed by atoms with Crippen molar-refractivity contribution in [1.29, 1.82) is 0 Å². The van der Waals surface area contributed by atoms with Crippen LogP contribution in [-0.4, -0.2) is 29.0 Å². The third-order valence-electron chi connectivity index (χ3n) is 5.23. The van der Waals surface area contributed by atoms with E-state index >= 15 is 0 Å². The molecule has 0 aliphatic carbocycles. The fourth-order valence-electron chi connectivity index (χ4n) is 3.55. The van der Waals surface area contributed by atoms with Crippen LogP contribution in [0.3, 0.4) is 0 Å². The first-order valence-corrected chi connectivity index (χ1v) is 11.2. The highest BCUT2D eigenvalue weighted by atomic mass is 32.2. The Kier molecular flexibility index (Phi) is 6.67. The Bertz CT molecular complexity index is 1040. The van der Waals surface area contributed by atoms with Gasteiger partial charge in [-0.15, -0.1) is 11.8 Å². The molecule has 0 aromatic heterocycles. The molecule has 0 saturated carbocycles. The minimum absolute atomic E-state index is 0.0525. The van der Waals surface area contributed by atoms with E-state index in [1.54, 1.807) is 36.0 Å². The van der Waals surface area contributed by atoms with Gasteiger partial charge in [0, 0.05) is 18.7 Å². The van der Waals surface area contributed by atoms with Gasteiger partial charge in [0.05, 0.1) is 5.75 Å². The average Bonchev–Trinajstić information content (AvgIpc) is 3.16. The normalized spacial score (nSPS) is 15.8. The molecule has 0 bridgehead atoms. The summed E-state index contributed by atoms with van der Waals surface area (Å²) in [5.41, 5.74) is 3.65. The fourth-order valence-corrected chi connectivity index (χ4v) is 4.74. The summed E-state index contributed by atoms with van der Waals surface area (Å²) in [5, 5.41) is 2.84. The van der Waals surface area contributed by atoms with Crippen molar-refractivity contribution in [3.05, 3.63) is 107 Å². The van der Waals surface area contributed by atoms with E-state index in [4.69, 9.17) is 0 Å². The van der Waals surface area contributed by atoms with Crippen molar-refractivity contribution in [1.82, 2.24) is 10.2 Å². The van der Waals surface area contributed by atoms with Crippen molar-refractivity contribution in [3.8, 4) is 0 Å². The smallest absolute Gasteiger partial charge is 0.251 e. The van der Waals surface area contributed by atoms with Gasteiger partial charge >= 0.3 is 0 Å². The van der Waals surface area contributed by atoms with Crippen LogP contribution in [0, 0.1) is 5.82 Å². The van der Waals surface area contributed by atoms with E-state index in [-0.39, 0.29) is 23.0 Å². The summed E-state index contributed by atoms with van der Waals surface area (Å²) in [6.45, 7) is 1.05. The number of nitrogens with zero attached hydrogens (tertiary/aromatic N) is 1. The van der Waals surface area contributed by atoms with Gasteiger partial charge in [0.1, 0.15) is 11.2 Å². The van der Waals surface area contributed by atoms with E-state index in [9.17, 15) is 14.0 Å². The number of halogens is 1. The maximum absolute atomic E-state index is 13.0. The van der Waals surface area contributed by atoms with E-state index in [0.29, 0.717) is 30.8 Å². The zero-order valence-corrected chi connectivity index (χ0v) is 17.8. The van der Waals surface area contributed by atoms with Crippen molar-refractivity contribution >= 4 is 23.6 Å². The van der Waals surface area contributed by atoms with E-state index in [2.05, 4.69) is 5.32 Å². The van der Waals surface area contributed by atoms with Crippen molar-refractivity contribution < 1.29 is 14.0 Å². The lowest BCUT2D eigenvalue weighted by Gasteiger charge is -2.24. The molecule has 1 fully saturated rings. The molecule has 1 saturated heterocycles. The maximum Gasteiger partial charge on any atom is 0.251 e. The van der Waals surface area contributed by atoms with E-state index < -0.39 is 0 Å². The van der Waals surface area contributed by atoms with Crippen LogP contribution >= 0.6 is 11.8 Å². The number of thioether (sulfide) groups is 1. The van der Waals surface area contributed by atoms with Crippen LogP contribution in [-0.2, 0) is 17.8 Å². The number of benzene rings is 3. The number of hydrogen-bond acceptors (Lipinski definition) is 3. The minimum atomic E-state index is -0.266. The Morgan fingerprint density at radius 1 is 0.968 bits per heavy atom. The Morgan fingerprint density at radius 3 is 2.39 bits per heavy atom. The molecule has 0 spiro atoms. The molecule has 6 heteroatoms. The molecule has 1 N–H and O–H groups in total. The maximum atomic E-state index is 13.0. The van der Waals surface area contributed by atoms with E-state index in [0.717, 1.165) is 16.7 Å². The Labute approximate surface area is 185 Å². The zero-order chi connectivity index (χ0) is 21.6. The number of carbonyl (C=O) groups is 2. The Morgan fingerprint density at radius 2 is 1.68 bits per heavy atom. The monoisotopic (exact) mass is 434 g/mol. The van der Waals surface area contributed by atoms with E-state index in [1.807, 2.05) is 47.4 Å². The van der Waals surface area contributed by atoms with Crippen LogP contribution in [0.2, 0.25) is 0 Å². The Balaban J connectivity index is 1.36. The number of rotatable bonds is 7. The molecule has 4 rings (SSSR count). The molecule has 2 amide bonds. The van der Waals surface area contributed by atoms with E-state index in [1.165, 1.54) is 12.1 Å². The SMILES string of the molecule is O=C(NCCc1ccc(F)cc1)c1ccc([C@H]2SCC(=O)N2Cc2ccccc2)cc1. The topological polar surface area (TPSA) is 49.4 Å². The lowest BCUT2D eigenvalue weighted by molar-refractivity contribution is -0.128. The summed E-state index contributed by atoms with van der Waals surface area (Å²) >= 11 is 1.61. The van der Waals surface area contributed by atoms with Crippen molar-refractivity contribution in [3.63, 3.8) is 0 Å². The van der Waals surface area contributed by atoms with Gasteiger partial charge in [-0.05, 0) is 47.4 Å². The third kappa shape index (κ3) is 5.33. The van der Waals surface area contributed by atoms with Gasteiger partial charge in [-0.2, -0.15) is 0 Å². The second kappa shape index (κ2) is 9.79. The molecule has 1 atom stereocenters. The second-order valence-electron chi connectivity index (χ2n) is 7.42. The molecular formula is C25H23FN2O2S. The highest BCUT2D eigenvalue weighted by Crippen LogP contribution is 2.39. The van der Waals surface area contributed by atoms with Gasteiger partial charge in [-0.25, -0.2) is 4.39 Å². The molecule has 1 aliphatic rings. The second-order valence-corrected chi connectivity index (χ2v) is 8.49. The van der Waals surface area contributed by atoms with Crippen molar-refractivity contribution in [2.75, 3.05) is 12.3 Å². The summed E-state index contributed by atoms with van der Waals surface area (Å²) in [4.78, 5) is 26.7. The lowest BCUT2D eigenvalue weighted by Crippen LogP contribution is -2.28. The first kappa shape index (κ1) is 21.1. The molecule has 3 aromatic carbocycles. The largest absolute Gasteiger partial charge is 0.352 e. The van der Waals surface area contributed by atoms with Gasteiger partial charge < -0.3 is 10.2 Å².